The van der Waals surface area contributed by atoms with Crippen LogP contribution in [-0.4, -0.2) is 19.7 Å². The number of aryl methyl sites for hydroxylation is 2. The van der Waals surface area contributed by atoms with Gasteiger partial charge in [0.2, 0.25) is 0 Å². The van der Waals surface area contributed by atoms with Gasteiger partial charge in [-0.2, -0.15) is 0 Å². The minimum absolute atomic E-state index is 0.267. The molecule has 2 atom stereocenters. The summed E-state index contributed by atoms with van der Waals surface area (Å²) in [6.45, 7) is 11.9. The van der Waals surface area contributed by atoms with Crippen LogP contribution in [0.15, 0.2) is 18.2 Å². The molecular weight excluding hydrogens is 246 g/mol. The predicted octanol–water partition coefficient (Wildman–Crippen LogP) is 4.02. The molecule has 1 aliphatic rings. The van der Waals surface area contributed by atoms with Gasteiger partial charge in [0.05, 0.1) is 6.10 Å². The van der Waals surface area contributed by atoms with Crippen LogP contribution in [0.25, 0.3) is 0 Å². The van der Waals surface area contributed by atoms with Gasteiger partial charge in [-0.1, -0.05) is 37.6 Å². The predicted molar refractivity (Wildman–Crippen MR) is 85.0 cm³/mol. The van der Waals surface area contributed by atoms with Crippen molar-refractivity contribution < 1.29 is 4.74 Å². The molecule has 1 heterocycles. The van der Waals surface area contributed by atoms with Gasteiger partial charge in [0.25, 0.3) is 0 Å². The van der Waals surface area contributed by atoms with E-state index in [4.69, 9.17) is 4.74 Å². The molecule has 0 aliphatic carbocycles. The van der Waals surface area contributed by atoms with Gasteiger partial charge in [-0.3, -0.25) is 0 Å². The lowest BCUT2D eigenvalue weighted by Crippen LogP contribution is -2.33. The summed E-state index contributed by atoms with van der Waals surface area (Å²) in [6, 6.07) is 6.72. The summed E-state index contributed by atoms with van der Waals surface area (Å²) in [7, 11) is 0. The van der Waals surface area contributed by atoms with Crippen LogP contribution >= 0.6 is 0 Å². The second kappa shape index (κ2) is 7.24. The van der Waals surface area contributed by atoms with E-state index in [2.05, 4.69) is 51.2 Å². The maximum Gasteiger partial charge on any atom is 0.0867 e. The van der Waals surface area contributed by atoms with E-state index < -0.39 is 0 Å². The molecule has 1 aliphatic heterocycles. The molecule has 0 bridgehead atoms. The fraction of sp³-hybridized carbons (Fsp3) is 0.667. The van der Waals surface area contributed by atoms with E-state index in [0.29, 0.717) is 11.8 Å². The van der Waals surface area contributed by atoms with E-state index in [9.17, 15) is 0 Å². The fourth-order valence-electron chi connectivity index (χ4n) is 3.02. The van der Waals surface area contributed by atoms with Gasteiger partial charge in [-0.05, 0) is 50.3 Å². The molecule has 0 saturated carbocycles. The maximum absolute atomic E-state index is 6.13. The first-order valence-corrected chi connectivity index (χ1v) is 7.97. The zero-order valence-corrected chi connectivity index (χ0v) is 13.4. The second-order valence-corrected chi connectivity index (χ2v) is 6.61. The summed E-state index contributed by atoms with van der Waals surface area (Å²) in [5.41, 5.74) is 4.08. The maximum atomic E-state index is 6.13. The Labute approximate surface area is 123 Å². The smallest absolute Gasteiger partial charge is 0.0867 e. The monoisotopic (exact) mass is 275 g/mol. The first-order valence-electron chi connectivity index (χ1n) is 7.97. The van der Waals surface area contributed by atoms with Gasteiger partial charge >= 0.3 is 0 Å². The van der Waals surface area contributed by atoms with Crippen molar-refractivity contribution in [2.45, 2.75) is 46.6 Å². The largest absolute Gasteiger partial charge is 0.373 e. The molecule has 1 aromatic carbocycles. The van der Waals surface area contributed by atoms with Gasteiger partial charge in [0, 0.05) is 19.1 Å². The van der Waals surface area contributed by atoms with Crippen molar-refractivity contribution in [3.63, 3.8) is 0 Å². The topological polar surface area (TPSA) is 21.3 Å². The number of hydrogen-bond acceptors (Lipinski definition) is 2. The SMILES string of the molecule is Cc1ccc(C)c(C2OCCCC2CNCC(C)C)c1. The van der Waals surface area contributed by atoms with Gasteiger partial charge in [0.1, 0.15) is 0 Å². The van der Waals surface area contributed by atoms with E-state index in [1.165, 1.54) is 29.5 Å². The van der Waals surface area contributed by atoms with Crippen LogP contribution in [0.2, 0.25) is 0 Å². The highest BCUT2D eigenvalue weighted by Crippen LogP contribution is 2.35. The molecule has 2 nitrogen and oxygen atoms in total. The number of nitrogens with one attached hydrogen (secondary N) is 1. The van der Waals surface area contributed by atoms with E-state index >= 15 is 0 Å². The Morgan fingerprint density at radius 3 is 2.85 bits per heavy atom. The second-order valence-electron chi connectivity index (χ2n) is 6.61. The number of rotatable bonds is 5. The van der Waals surface area contributed by atoms with Crippen molar-refractivity contribution in [1.82, 2.24) is 5.32 Å². The Morgan fingerprint density at radius 2 is 2.10 bits per heavy atom. The summed E-state index contributed by atoms with van der Waals surface area (Å²) in [5, 5.41) is 3.61. The first-order chi connectivity index (χ1) is 9.58. The normalized spacial score (nSPS) is 23.2. The molecule has 0 spiro atoms. The standard InChI is InChI=1S/C18H29NO/c1-13(2)11-19-12-16-6-5-9-20-18(16)17-10-14(3)7-8-15(17)4/h7-8,10,13,16,18-19H,5-6,9,11-12H2,1-4H3. The quantitative estimate of drug-likeness (QED) is 0.876. The first kappa shape index (κ1) is 15.5. The van der Waals surface area contributed by atoms with Crippen LogP contribution in [0.1, 0.15) is 49.5 Å². The van der Waals surface area contributed by atoms with Crippen molar-refractivity contribution in [2.24, 2.45) is 11.8 Å². The van der Waals surface area contributed by atoms with Crippen LogP contribution < -0.4 is 5.32 Å². The van der Waals surface area contributed by atoms with Crippen molar-refractivity contribution in [2.75, 3.05) is 19.7 Å². The van der Waals surface area contributed by atoms with Crippen molar-refractivity contribution in [1.29, 1.82) is 0 Å². The average molecular weight is 275 g/mol. The van der Waals surface area contributed by atoms with Crippen molar-refractivity contribution in [3.8, 4) is 0 Å². The molecule has 0 radical (unpaired) electrons. The van der Waals surface area contributed by atoms with E-state index in [-0.39, 0.29) is 6.10 Å². The fourth-order valence-corrected chi connectivity index (χ4v) is 3.02. The van der Waals surface area contributed by atoms with Gasteiger partial charge in [-0.25, -0.2) is 0 Å². The number of ether oxygens (including phenoxy) is 1. The Balaban J connectivity index is 2.07. The van der Waals surface area contributed by atoms with Crippen LogP contribution in [0, 0.1) is 25.7 Å². The zero-order valence-electron chi connectivity index (χ0n) is 13.4. The van der Waals surface area contributed by atoms with Crippen molar-refractivity contribution in [3.05, 3.63) is 34.9 Å². The third-order valence-corrected chi connectivity index (χ3v) is 4.15. The summed E-state index contributed by atoms with van der Waals surface area (Å²) >= 11 is 0. The molecule has 20 heavy (non-hydrogen) atoms. The third-order valence-electron chi connectivity index (χ3n) is 4.15. The van der Waals surface area contributed by atoms with Crippen LogP contribution in [0.5, 0.6) is 0 Å². The summed E-state index contributed by atoms with van der Waals surface area (Å²) in [5.74, 6) is 1.31. The third kappa shape index (κ3) is 4.07. The Morgan fingerprint density at radius 1 is 1.30 bits per heavy atom. The minimum Gasteiger partial charge on any atom is -0.373 e. The number of benzene rings is 1. The van der Waals surface area contributed by atoms with Crippen molar-refractivity contribution >= 4 is 0 Å². The van der Waals surface area contributed by atoms with Crippen LogP contribution in [0.3, 0.4) is 0 Å². The Kier molecular flexibility index (Phi) is 5.62. The molecule has 112 valence electrons. The van der Waals surface area contributed by atoms with E-state index in [1.54, 1.807) is 0 Å². The molecule has 1 saturated heterocycles. The lowest BCUT2D eigenvalue weighted by atomic mass is 9.86. The lowest BCUT2D eigenvalue weighted by molar-refractivity contribution is -0.0282. The highest BCUT2D eigenvalue weighted by atomic mass is 16.5. The molecule has 2 rings (SSSR count). The molecular formula is C18H29NO. The molecule has 2 unspecified atom stereocenters. The zero-order chi connectivity index (χ0) is 14.5. The van der Waals surface area contributed by atoms with E-state index in [1.807, 2.05) is 0 Å². The van der Waals surface area contributed by atoms with E-state index in [0.717, 1.165) is 19.7 Å². The molecule has 1 N–H and O–H groups in total. The Bertz CT molecular complexity index is 427. The van der Waals surface area contributed by atoms with Gasteiger partial charge in [0.15, 0.2) is 0 Å². The summed E-state index contributed by atoms with van der Waals surface area (Å²) < 4.78 is 6.13. The molecule has 0 amide bonds. The van der Waals surface area contributed by atoms with Gasteiger partial charge in [-0.15, -0.1) is 0 Å². The molecule has 2 heteroatoms. The van der Waals surface area contributed by atoms with Gasteiger partial charge < -0.3 is 10.1 Å². The highest BCUT2D eigenvalue weighted by Gasteiger charge is 2.28. The number of hydrogen-bond donors (Lipinski definition) is 1. The van der Waals surface area contributed by atoms with Crippen LogP contribution in [0.4, 0.5) is 0 Å². The molecule has 1 aromatic rings. The molecule has 0 aromatic heterocycles. The minimum atomic E-state index is 0.267. The Hall–Kier alpha value is -0.860. The highest BCUT2D eigenvalue weighted by molar-refractivity contribution is 5.33. The summed E-state index contributed by atoms with van der Waals surface area (Å²) in [6.07, 6.45) is 2.72. The van der Waals surface area contributed by atoms with Crippen LogP contribution in [-0.2, 0) is 4.74 Å². The summed E-state index contributed by atoms with van der Waals surface area (Å²) in [4.78, 5) is 0. The molecule has 1 fully saturated rings. The average Bonchev–Trinajstić information content (AvgIpc) is 2.42. The lowest BCUT2D eigenvalue weighted by Gasteiger charge is -2.33.